The molecule has 0 aliphatic carbocycles. The Bertz CT molecular complexity index is 546. The van der Waals surface area contributed by atoms with Crippen LogP contribution in [0.25, 0.3) is 0 Å². The van der Waals surface area contributed by atoms with Gasteiger partial charge in [0.2, 0.25) is 0 Å². The van der Waals surface area contributed by atoms with Gasteiger partial charge >= 0.3 is 0 Å². The molecule has 2 fully saturated rings. The van der Waals surface area contributed by atoms with Crippen molar-refractivity contribution in [2.45, 2.75) is 33.2 Å². The normalized spacial score (nSPS) is 25.4. The predicted octanol–water partition coefficient (Wildman–Crippen LogP) is 0.701. The van der Waals surface area contributed by atoms with E-state index >= 15 is 0 Å². The minimum Gasteiger partial charge on any atom is -0.381 e. The monoisotopic (exact) mass is 306 g/mol. The van der Waals surface area contributed by atoms with Gasteiger partial charge < -0.3 is 19.5 Å². The fraction of sp³-hybridized carbons (Fsp3) is 0.800. The molecule has 3 heterocycles. The van der Waals surface area contributed by atoms with E-state index in [2.05, 4.69) is 27.3 Å². The topological polar surface area (TPSA) is 67.6 Å². The molecule has 3 rings (SSSR count). The van der Waals surface area contributed by atoms with Crippen LogP contribution in [0.5, 0.6) is 0 Å². The average Bonchev–Trinajstić information content (AvgIpc) is 3.22. The zero-order valence-corrected chi connectivity index (χ0v) is 13.8. The Morgan fingerprint density at radius 3 is 2.91 bits per heavy atom. The molecule has 1 atom stereocenters. The summed E-state index contributed by atoms with van der Waals surface area (Å²) in [5, 5.41) is 11.7. The summed E-state index contributed by atoms with van der Waals surface area (Å²) < 4.78 is 7.60. The van der Waals surface area contributed by atoms with E-state index in [1.807, 2.05) is 18.5 Å². The molecule has 1 aromatic rings. The van der Waals surface area contributed by atoms with Crippen LogP contribution in [0.2, 0.25) is 0 Å². The Kier molecular flexibility index (Phi) is 4.33. The lowest BCUT2D eigenvalue weighted by Gasteiger charge is -2.24. The number of guanidine groups is 1. The summed E-state index contributed by atoms with van der Waals surface area (Å²) in [5.41, 5.74) is 0.345. The van der Waals surface area contributed by atoms with Crippen LogP contribution in [0.4, 0.5) is 0 Å². The largest absolute Gasteiger partial charge is 0.381 e. The quantitative estimate of drug-likeness (QED) is 0.658. The molecule has 2 aliphatic heterocycles. The summed E-state index contributed by atoms with van der Waals surface area (Å²) in [6.07, 6.45) is 2.37. The maximum Gasteiger partial charge on any atom is 0.194 e. The Balaban J connectivity index is 1.69. The van der Waals surface area contributed by atoms with Gasteiger partial charge in [0, 0.05) is 38.7 Å². The molecule has 0 amide bonds. The van der Waals surface area contributed by atoms with Crippen molar-refractivity contribution in [1.82, 2.24) is 25.0 Å². The fourth-order valence-electron chi connectivity index (χ4n) is 3.25. The summed E-state index contributed by atoms with van der Waals surface area (Å²) in [6, 6.07) is 0. The zero-order valence-electron chi connectivity index (χ0n) is 13.8. The Hall–Kier alpha value is -1.63. The average molecular weight is 306 g/mol. The number of hydrogen-bond donors (Lipinski definition) is 1. The van der Waals surface area contributed by atoms with Gasteiger partial charge in [0.05, 0.1) is 6.61 Å². The van der Waals surface area contributed by atoms with Gasteiger partial charge in [-0.1, -0.05) is 0 Å². The van der Waals surface area contributed by atoms with E-state index in [-0.39, 0.29) is 0 Å². The molecule has 2 saturated heterocycles. The lowest BCUT2D eigenvalue weighted by Crippen LogP contribution is -2.41. The van der Waals surface area contributed by atoms with Crippen molar-refractivity contribution in [3.8, 4) is 0 Å². The summed E-state index contributed by atoms with van der Waals surface area (Å²) in [5.74, 6) is 2.79. The molecule has 2 aliphatic rings. The van der Waals surface area contributed by atoms with Gasteiger partial charge in [-0.15, -0.1) is 10.2 Å². The molecule has 122 valence electrons. The highest BCUT2D eigenvalue weighted by atomic mass is 16.5. The number of hydrogen-bond acceptors (Lipinski definition) is 4. The second kappa shape index (κ2) is 6.24. The summed E-state index contributed by atoms with van der Waals surface area (Å²) in [4.78, 5) is 7.12. The number of rotatable bonds is 3. The smallest absolute Gasteiger partial charge is 0.194 e. The van der Waals surface area contributed by atoms with E-state index in [1.54, 1.807) is 0 Å². The van der Waals surface area contributed by atoms with Crippen molar-refractivity contribution >= 4 is 5.96 Å². The highest BCUT2D eigenvalue weighted by molar-refractivity contribution is 5.80. The van der Waals surface area contributed by atoms with Crippen LogP contribution in [0, 0.1) is 12.3 Å². The van der Waals surface area contributed by atoms with Gasteiger partial charge in [-0.25, -0.2) is 4.99 Å². The zero-order chi connectivity index (χ0) is 15.6. The molecule has 0 bridgehead atoms. The van der Waals surface area contributed by atoms with Crippen LogP contribution >= 0.6 is 0 Å². The van der Waals surface area contributed by atoms with E-state index in [0.29, 0.717) is 12.0 Å². The van der Waals surface area contributed by atoms with Crippen molar-refractivity contribution in [1.29, 1.82) is 0 Å². The number of aryl methyl sites for hydroxylation is 1. The van der Waals surface area contributed by atoms with Crippen molar-refractivity contribution in [2.75, 3.05) is 32.8 Å². The van der Waals surface area contributed by atoms with Crippen molar-refractivity contribution in [3.63, 3.8) is 0 Å². The molecule has 7 heteroatoms. The second-order valence-electron chi connectivity index (χ2n) is 6.37. The third-order valence-corrected chi connectivity index (χ3v) is 4.81. The molecule has 22 heavy (non-hydrogen) atoms. The minimum absolute atomic E-state index is 0.345. The number of aliphatic imine (C=N–C) groups is 1. The van der Waals surface area contributed by atoms with Crippen LogP contribution in [0.15, 0.2) is 4.99 Å². The Morgan fingerprint density at radius 2 is 2.27 bits per heavy atom. The maximum atomic E-state index is 5.61. The molecular weight excluding hydrogens is 280 g/mol. The number of likely N-dealkylation sites (tertiary alicyclic amines) is 1. The highest BCUT2D eigenvalue weighted by Crippen LogP contribution is 2.38. The molecule has 1 aromatic heterocycles. The van der Waals surface area contributed by atoms with E-state index in [1.165, 1.54) is 12.8 Å². The first-order chi connectivity index (χ1) is 10.6. The molecule has 0 aromatic carbocycles. The summed E-state index contributed by atoms with van der Waals surface area (Å²) in [6.45, 7) is 9.37. The van der Waals surface area contributed by atoms with Gasteiger partial charge in [0.15, 0.2) is 11.8 Å². The third kappa shape index (κ3) is 2.95. The van der Waals surface area contributed by atoms with Crippen LogP contribution in [0.1, 0.15) is 31.4 Å². The Morgan fingerprint density at radius 1 is 1.41 bits per heavy atom. The third-order valence-electron chi connectivity index (χ3n) is 4.81. The second-order valence-corrected chi connectivity index (χ2v) is 6.37. The number of aromatic nitrogens is 3. The van der Waals surface area contributed by atoms with E-state index < -0.39 is 0 Å². The van der Waals surface area contributed by atoms with E-state index in [9.17, 15) is 0 Å². The van der Waals surface area contributed by atoms with Crippen molar-refractivity contribution in [3.05, 3.63) is 11.6 Å². The van der Waals surface area contributed by atoms with Crippen LogP contribution < -0.4 is 5.32 Å². The minimum atomic E-state index is 0.345. The maximum absolute atomic E-state index is 5.61. The molecular formula is C15H26N6O. The van der Waals surface area contributed by atoms with Gasteiger partial charge in [0.25, 0.3) is 0 Å². The lowest BCUT2D eigenvalue weighted by atomic mass is 9.87. The van der Waals surface area contributed by atoms with Gasteiger partial charge in [0.1, 0.15) is 12.4 Å². The number of ether oxygens (including phenoxy) is 1. The number of nitrogens with zero attached hydrogens (tertiary/aromatic N) is 5. The summed E-state index contributed by atoms with van der Waals surface area (Å²) >= 11 is 0. The van der Waals surface area contributed by atoms with Gasteiger partial charge in [-0.05, 0) is 26.7 Å². The molecule has 0 radical (unpaired) electrons. The fourth-order valence-corrected chi connectivity index (χ4v) is 3.25. The van der Waals surface area contributed by atoms with Crippen molar-refractivity contribution in [2.24, 2.45) is 17.5 Å². The van der Waals surface area contributed by atoms with Crippen LogP contribution in [-0.2, 0) is 18.3 Å². The SMILES string of the molecule is CCNC(=NCc1nnc(C)n1C)N1CCC2(CCOC2)C1. The highest BCUT2D eigenvalue weighted by Gasteiger charge is 2.42. The molecule has 7 nitrogen and oxygen atoms in total. The first-order valence-corrected chi connectivity index (χ1v) is 8.09. The first-order valence-electron chi connectivity index (χ1n) is 8.09. The number of nitrogens with one attached hydrogen (secondary N) is 1. The molecule has 1 spiro atoms. The van der Waals surface area contributed by atoms with E-state index in [0.717, 1.165) is 50.5 Å². The van der Waals surface area contributed by atoms with E-state index in [4.69, 9.17) is 9.73 Å². The molecule has 0 saturated carbocycles. The van der Waals surface area contributed by atoms with Gasteiger partial charge in [-0.2, -0.15) is 0 Å². The Labute approximate surface area is 131 Å². The molecule has 1 unspecified atom stereocenters. The standard InChI is InChI=1S/C15H26N6O/c1-4-16-14(17-9-13-19-18-12(2)20(13)3)21-7-5-15(10-21)6-8-22-11-15/h4-11H2,1-3H3,(H,16,17). The molecule has 1 N–H and O–H groups in total. The van der Waals surface area contributed by atoms with Crippen LogP contribution in [-0.4, -0.2) is 58.5 Å². The van der Waals surface area contributed by atoms with Crippen LogP contribution in [0.3, 0.4) is 0 Å². The summed E-state index contributed by atoms with van der Waals surface area (Å²) in [7, 11) is 1.98. The van der Waals surface area contributed by atoms with Gasteiger partial charge in [-0.3, -0.25) is 0 Å². The lowest BCUT2D eigenvalue weighted by molar-refractivity contribution is 0.156. The predicted molar refractivity (Wildman–Crippen MR) is 84.6 cm³/mol. The first kappa shape index (κ1) is 15.3. The van der Waals surface area contributed by atoms with Crippen molar-refractivity contribution < 1.29 is 4.74 Å².